The molecule has 0 fully saturated rings. The molecule has 0 heteroatoms. The van der Waals surface area contributed by atoms with Gasteiger partial charge in [-0.3, -0.25) is 0 Å². The second-order valence-electron chi connectivity index (χ2n) is 4.13. The molecule has 0 bridgehead atoms. The molecule has 0 amide bonds. The Kier molecular flexibility index (Phi) is 18.7. The Balaban J connectivity index is -0.000000394. The maximum absolute atomic E-state index is 2.24. The van der Waals surface area contributed by atoms with Gasteiger partial charge in [0.1, 0.15) is 0 Å². The SMILES string of the molecule is CC.CC.CC.CC.Cc1ccc2c(C)ccc(C)c2c1C. The molecule has 128 valence electrons. The molecule has 0 aliphatic rings. The van der Waals surface area contributed by atoms with Crippen LogP contribution >= 0.6 is 0 Å². The molecule has 0 N–H and O–H groups in total. The highest BCUT2D eigenvalue weighted by Gasteiger charge is 2.04. The van der Waals surface area contributed by atoms with E-state index in [9.17, 15) is 0 Å². The van der Waals surface area contributed by atoms with E-state index in [4.69, 9.17) is 0 Å². The van der Waals surface area contributed by atoms with Crippen molar-refractivity contribution < 1.29 is 0 Å². The van der Waals surface area contributed by atoms with Crippen LogP contribution in [0.5, 0.6) is 0 Å². The highest BCUT2D eigenvalue weighted by atomic mass is 14.1. The van der Waals surface area contributed by atoms with Crippen LogP contribution in [-0.4, -0.2) is 0 Å². The molecular weight excluding hydrogens is 264 g/mol. The summed E-state index contributed by atoms with van der Waals surface area (Å²) in [6.07, 6.45) is 0. The van der Waals surface area contributed by atoms with E-state index in [1.165, 1.54) is 33.0 Å². The Labute approximate surface area is 141 Å². The number of aryl methyl sites for hydroxylation is 4. The van der Waals surface area contributed by atoms with Crippen molar-refractivity contribution >= 4 is 10.8 Å². The van der Waals surface area contributed by atoms with Gasteiger partial charge in [0.2, 0.25) is 0 Å². The first-order valence-corrected chi connectivity index (χ1v) is 9.07. The van der Waals surface area contributed by atoms with Gasteiger partial charge in [-0.25, -0.2) is 0 Å². The van der Waals surface area contributed by atoms with Crippen molar-refractivity contribution in [2.75, 3.05) is 0 Å². The Hall–Kier alpha value is -1.30. The average Bonchev–Trinajstić information content (AvgIpc) is 2.61. The second-order valence-corrected chi connectivity index (χ2v) is 4.13. The fourth-order valence-electron chi connectivity index (χ4n) is 2.08. The minimum Gasteiger partial charge on any atom is -0.0683 e. The molecule has 0 atom stereocenters. The van der Waals surface area contributed by atoms with E-state index < -0.39 is 0 Å². The fourth-order valence-corrected chi connectivity index (χ4v) is 2.08. The van der Waals surface area contributed by atoms with Crippen LogP contribution in [0.3, 0.4) is 0 Å². The number of hydrogen-bond acceptors (Lipinski definition) is 0. The highest BCUT2D eigenvalue weighted by Crippen LogP contribution is 2.27. The standard InChI is InChI=1S/C14H16.4C2H6/c1-9-7-8-13-10(2)5-6-11(3)14(13)12(9)4;4*1-2/h5-8H,1-4H3;4*1-2H3. The molecule has 0 aromatic heterocycles. The van der Waals surface area contributed by atoms with Crippen LogP contribution < -0.4 is 0 Å². The van der Waals surface area contributed by atoms with Gasteiger partial charge in [-0.05, 0) is 60.7 Å². The maximum Gasteiger partial charge on any atom is -0.0120 e. The van der Waals surface area contributed by atoms with Crippen LogP contribution in [0.4, 0.5) is 0 Å². The lowest BCUT2D eigenvalue weighted by Crippen LogP contribution is -1.89. The van der Waals surface area contributed by atoms with E-state index in [1.54, 1.807) is 0 Å². The van der Waals surface area contributed by atoms with Crippen molar-refractivity contribution in [2.24, 2.45) is 0 Å². The Morgan fingerprint density at radius 3 is 1.27 bits per heavy atom. The lowest BCUT2D eigenvalue weighted by atomic mass is 9.94. The molecule has 0 saturated carbocycles. The molecule has 22 heavy (non-hydrogen) atoms. The molecule has 0 saturated heterocycles. The van der Waals surface area contributed by atoms with Crippen LogP contribution in [0.2, 0.25) is 0 Å². The largest absolute Gasteiger partial charge is 0.0683 e. The van der Waals surface area contributed by atoms with Gasteiger partial charge in [-0.2, -0.15) is 0 Å². The first kappa shape index (κ1) is 25.6. The van der Waals surface area contributed by atoms with E-state index in [0.717, 1.165) is 0 Å². The van der Waals surface area contributed by atoms with Crippen molar-refractivity contribution in [1.82, 2.24) is 0 Å². The quantitative estimate of drug-likeness (QED) is 0.460. The molecule has 0 aliphatic carbocycles. The minimum atomic E-state index is 1.37. The van der Waals surface area contributed by atoms with Gasteiger partial charge < -0.3 is 0 Å². The summed E-state index contributed by atoms with van der Waals surface area (Å²) in [7, 11) is 0. The Morgan fingerprint density at radius 2 is 0.818 bits per heavy atom. The van der Waals surface area contributed by atoms with Crippen LogP contribution in [-0.2, 0) is 0 Å². The molecule has 0 spiro atoms. The first-order chi connectivity index (χ1) is 10.6. The van der Waals surface area contributed by atoms with Gasteiger partial charge in [0.05, 0.1) is 0 Å². The summed E-state index contributed by atoms with van der Waals surface area (Å²) in [4.78, 5) is 0. The Morgan fingerprint density at radius 1 is 0.455 bits per heavy atom. The summed E-state index contributed by atoms with van der Waals surface area (Å²) in [5.74, 6) is 0. The van der Waals surface area contributed by atoms with Crippen molar-refractivity contribution in [3.63, 3.8) is 0 Å². The average molecular weight is 305 g/mol. The maximum atomic E-state index is 2.24. The highest BCUT2D eigenvalue weighted by molar-refractivity contribution is 5.91. The van der Waals surface area contributed by atoms with Crippen molar-refractivity contribution in [2.45, 2.75) is 83.1 Å². The molecule has 2 aromatic carbocycles. The van der Waals surface area contributed by atoms with E-state index in [2.05, 4.69) is 52.0 Å². The number of rotatable bonds is 0. The van der Waals surface area contributed by atoms with Crippen LogP contribution in [0.25, 0.3) is 10.8 Å². The second kappa shape index (κ2) is 16.1. The fraction of sp³-hybridized carbons (Fsp3) is 0.545. The minimum absolute atomic E-state index is 1.37. The molecule has 0 radical (unpaired) electrons. The predicted octanol–water partition coefficient (Wildman–Crippen LogP) is 8.18. The molecule has 0 nitrogen and oxygen atoms in total. The molecule has 2 rings (SSSR count). The zero-order chi connectivity index (χ0) is 18.3. The number of benzene rings is 2. The van der Waals surface area contributed by atoms with E-state index in [-0.39, 0.29) is 0 Å². The van der Waals surface area contributed by atoms with Crippen molar-refractivity contribution in [3.8, 4) is 0 Å². The lowest BCUT2D eigenvalue weighted by Gasteiger charge is -2.10. The van der Waals surface area contributed by atoms with Gasteiger partial charge in [0.25, 0.3) is 0 Å². The third kappa shape index (κ3) is 7.11. The topological polar surface area (TPSA) is 0 Å². The van der Waals surface area contributed by atoms with E-state index in [0.29, 0.717) is 0 Å². The lowest BCUT2D eigenvalue weighted by molar-refractivity contribution is 1.35. The normalized spacial score (nSPS) is 8.00. The summed E-state index contributed by atoms with van der Waals surface area (Å²) in [5, 5.41) is 2.83. The third-order valence-corrected chi connectivity index (χ3v) is 3.14. The molecule has 0 aliphatic heterocycles. The van der Waals surface area contributed by atoms with E-state index >= 15 is 0 Å². The van der Waals surface area contributed by atoms with Crippen LogP contribution in [0.15, 0.2) is 24.3 Å². The summed E-state index contributed by atoms with van der Waals surface area (Å²) in [5.41, 5.74) is 5.55. The van der Waals surface area contributed by atoms with Crippen LogP contribution in [0, 0.1) is 27.7 Å². The van der Waals surface area contributed by atoms with E-state index in [1.807, 2.05) is 55.4 Å². The molecule has 2 aromatic rings. The van der Waals surface area contributed by atoms with Crippen LogP contribution in [0.1, 0.15) is 77.6 Å². The smallest absolute Gasteiger partial charge is 0.0120 e. The molecule has 0 unspecified atom stereocenters. The first-order valence-electron chi connectivity index (χ1n) is 9.07. The summed E-state index contributed by atoms with van der Waals surface area (Å²) in [6.45, 7) is 24.8. The number of hydrogen-bond donors (Lipinski definition) is 0. The number of fused-ring (bicyclic) bond motifs is 1. The molecular formula is C22H40. The summed E-state index contributed by atoms with van der Waals surface area (Å²) in [6, 6.07) is 8.86. The summed E-state index contributed by atoms with van der Waals surface area (Å²) >= 11 is 0. The Bertz CT molecular complexity index is 493. The van der Waals surface area contributed by atoms with Crippen molar-refractivity contribution in [3.05, 3.63) is 46.5 Å². The monoisotopic (exact) mass is 304 g/mol. The van der Waals surface area contributed by atoms with Gasteiger partial charge >= 0.3 is 0 Å². The summed E-state index contributed by atoms with van der Waals surface area (Å²) < 4.78 is 0. The van der Waals surface area contributed by atoms with Gasteiger partial charge in [-0.15, -0.1) is 0 Å². The zero-order valence-corrected chi connectivity index (χ0v) is 17.3. The van der Waals surface area contributed by atoms with Gasteiger partial charge in [0.15, 0.2) is 0 Å². The van der Waals surface area contributed by atoms with Gasteiger partial charge in [-0.1, -0.05) is 79.7 Å². The molecule has 0 heterocycles. The third-order valence-electron chi connectivity index (χ3n) is 3.14. The zero-order valence-electron chi connectivity index (χ0n) is 17.3. The van der Waals surface area contributed by atoms with Crippen molar-refractivity contribution in [1.29, 1.82) is 0 Å². The van der Waals surface area contributed by atoms with Gasteiger partial charge in [0, 0.05) is 0 Å². The predicted molar refractivity (Wildman–Crippen MR) is 108 cm³/mol.